The number of nitrogens with one attached hydrogen (secondary N) is 3. The number of carbonyl (C=O) groups is 2. The average Bonchev–Trinajstić information content (AvgIpc) is 3.90. The molecule has 3 heterocycles. The van der Waals surface area contributed by atoms with Crippen LogP contribution in [0.5, 0.6) is 5.75 Å². The van der Waals surface area contributed by atoms with Gasteiger partial charge in [0.15, 0.2) is 23.1 Å². The highest BCUT2D eigenvalue weighted by atomic mass is 16.5. The Kier molecular flexibility index (Phi) is 5.48. The molecule has 198 valence electrons. The maximum atomic E-state index is 12.8. The lowest BCUT2D eigenvalue weighted by Crippen LogP contribution is -2.22. The standard InChI is InChI=1S/C27H27N9O3/c1-28-27(38)23-21(12-22(33-34-23)32-26(37)15-6-7-15)31-20-5-3-4-18(24(20)39-2)19-11-8-16(13-29-19)25-30-14-36(35-25)17-9-10-17/h3-5,8,11-15,17H,6-7,9-10H2,1-2H3,(H,28,38)(H2,31,32,33,37)/i1D3. The number of aromatic nitrogens is 6. The van der Waals surface area contributed by atoms with E-state index < -0.39 is 12.9 Å². The van der Waals surface area contributed by atoms with E-state index in [-0.39, 0.29) is 29.0 Å². The van der Waals surface area contributed by atoms with E-state index in [0.717, 1.165) is 31.2 Å². The third-order valence-corrected chi connectivity index (χ3v) is 6.54. The molecule has 2 aliphatic carbocycles. The number of anilines is 3. The van der Waals surface area contributed by atoms with Crippen molar-refractivity contribution in [1.82, 2.24) is 35.3 Å². The lowest BCUT2D eigenvalue weighted by atomic mass is 10.1. The summed E-state index contributed by atoms with van der Waals surface area (Å²) in [6.45, 7) is -2.74. The molecule has 0 atom stereocenters. The molecule has 12 heteroatoms. The number of nitrogens with zero attached hydrogens (tertiary/aromatic N) is 6. The van der Waals surface area contributed by atoms with Crippen LogP contribution >= 0.6 is 0 Å². The Morgan fingerprint density at radius 1 is 1.08 bits per heavy atom. The van der Waals surface area contributed by atoms with Crippen LogP contribution in [0.1, 0.15) is 46.3 Å². The van der Waals surface area contributed by atoms with Gasteiger partial charge in [0.1, 0.15) is 6.33 Å². The Hall–Kier alpha value is -4.87. The van der Waals surface area contributed by atoms with Gasteiger partial charge in [-0.25, -0.2) is 9.67 Å². The van der Waals surface area contributed by atoms with Crippen LogP contribution in [0.25, 0.3) is 22.6 Å². The van der Waals surface area contributed by atoms with Crippen LogP contribution in [0.15, 0.2) is 48.9 Å². The third-order valence-electron chi connectivity index (χ3n) is 6.54. The van der Waals surface area contributed by atoms with Crippen LogP contribution in [0.3, 0.4) is 0 Å². The molecule has 2 saturated carbocycles. The van der Waals surface area contributed by atoms with E-state index in [0.29, 0.717) is 34.6 Å². The fraction of sp³-hybridized carbons (Fsp3) is 0.296. The molecule has 6 rings (SSSR count). The number of methoxy groups -OCH3 is 1. The van der Waals surface area contributed by atoms with Gasteiger partial charge < -0.3 is 20.7 Å². The van der Waals surface area contributed by atoms with E-state index in [9.17, 15) is 9.59 Å². The average molecular weight is 529 g/mol. The second-order valence-electron chi connectivity index (χ2n) is 9.43. The van der Waals surface area contributed by atoms with E-state index >= 15 is 0 Å². The van der Waals surface area contributed by atoms with Crippen LogP contribution < -0.4 is 20.7 Å². The summed E-state index contributed by atoms with van der Waals surface area (Å²) in [5.74, 6) is -0.113. The van der Waals surface area contributed by atoms with Gasteiger partial charge in [-0.2, -0.15) is 5.10 Å². The summed E-state index contributed by atoms with van der Waals surface area (Å²) >= 11 is 0. The molecule has 1 aromatic carbocycles. The monoisotopic (exact) mass is 528 g/mol. The summed E-state index contributed by atoms with van der Waals surface area (Å²) < 4.78 is 29.9. The van der Waals surface area contributed by atoms with E-state index in [4.69, 9.17) is 8.85 Å². The second-order valence-corrected chi connectivity index (χ2v) is 9.43. The molecule has 3 N–H and O–H groups in total. The number of para-hydroxylation sites is 1. The Morgan fingerprint density at radius 3 is 2.67 bits per heavy atom. The van der Waals surface area contributed by atoms with Crippen molar-refractivity contribution in [2.45, 2.75) is 31.7 Å². The summed E-state index contributed by atoms with van der Waals surface area (Å²) in [7, 11) is 1.50. The summed E-state index contributed by atoms with van der Waals surface area (Å²) in [6, 6.07) is 10.9. The van der Waals surface area contributed by atoms with E-state index in [1.54, 1.807) is 24.7 Å². The van der Waals surface area contributed by atoms with Gasteiger partial charge in [0.25, 0.3) is 5.91 Å². The van der Waals surface area contributed by atoms with Gasteiger partial charge in [-0.3, -0.25) is 14.6 Å². The second kappa shape index (κ2) is 10.1. The first-order valence-electron chi connectivity index (χ1n) is 14.0. The van der Waals surface area contributed by atoms with Crippen molar-refractivity contribution in [3.63, 3.8) is 0 Å². The number of hydrogen-bond donors (Lipinski definition) is 3. The minimum absolute atomic E-state index is 0.0814. The van der Waals surface area contributed by atoms with Gasteiger partial charge in [0, 0.05) is 40.4 Å². The van der Waals surface area contributed by atoms with Crippen molar-refractivity contribution >= 4 is 29.0 Å². The van der Waals surface area contributed by atoms with Crippen molar-refractivity contribution in [3.05, 3.63) is 54.6 Å². The highest BCUT2D eigenvalue weighted by Gasteiger charge is 2.30. The highest BCUT2D eigenvalue weighted by molar-refractivity contribution is 6.00. The summed E-state index contributed by atoms with van der Waals surface area (Å²) in [5, 5.41) is 20.1. The van der Waals surface area contributed by atoms with Crippen molar-refractivity contribution in [2.75, 3.05) is 24.7 Å². The highest BCUT2D eigenvalue weighted by Crippen LogP contribution is 2.38. The van der Waals surface area contributed by atoms with E-state index in [2.05, 4.69) is 35.9 Å². The van der Waals surface area contributed by atoms with Crippen molar-refractivity contribution in [2.24, 2.45) is 5.92 Å². The topological polar surface area (TPSA) is 149 Å². The summed E-state index contributed by atoms with van der Waals surface area (Å²) in [4.78, 5) is 34.1. The predicted octanol–water partition coefficient (Wildman–Crippen LogP) is 3.59. The minimum atomic E-state index is -2.74. The minimum Gasteiger partial charge on any atom is -0.494 e. The van der Waals surface area contributed by atoms with Crippen molar-refractivity contribution < 1.29 is 18.4 Å². The normalized spacial score (nSPS) is 16.0. The molecule has 2 fully saturated rings. The molecule has 0 spiro atoms. The number of benzene rings is 1. The molecule has 0 aliphatic heterocycles. The fourth-order valence-corrected chi connectivity index (χ4v) is 4.16. The molecule has 12 nitrogen and oxygen atoms in total. The van der Waals surface area contributed by atoms with Gasteiger partial charge in [0.05, 0.1) is 30.2 Å². The number of ether oxygens (including phenoxy) is 1. The first kappa shape index (κ1) is 21.1. The zero-order valence-corrected chi connectivity index (χ0v) is 21.0. The van der Waals surface area contributed by atoms with E-state index in [1.807, 2.05) is 28.2 Å². The third kappa shape index (κ3) is 5.13. The maximum Gasteiger partial charge on any atom is 0.273 e. The van der Waals surface area contributed by atoms with Crippen LogP contribution in [0, 0.1) is 5.92 Å². The van der Waals surface area contributed by atoms with Crippen LogP contribution in [-0.2, 0) is 4.79 Å². The molecule has 0 saturated heterocycles. The molecule has 4 aromatic rings. The molecular formula is C27H27N9O3. The van der Waals surface area contributed by atoms with Crippen LogP contribution in [0.4, 0.5) is 17.2 Å². The zero-order valence-electron chi connectivity index (χ0n) is 24.0. The Labute approximate surface area is 228 Å². The van der Waals surface area contributed by atoms with Crippen LogP contribution in [0.2, 0.25) is 0 Å². The van der Waals surface area contributed by atoms with Gasteiger partial charge in [-0.1, -0.05) is 6.07 Å². The molecule has 2 amide bonds. The van der Waals surface area contributed by atoms with Gasteiger partial charge >= 0.3 is 0 Å². The predicted molar refractivity (Wildman–Crippen MR) is 144 cm³/mol. The molecule has 3 aromatic heterocycles. The van der Waals surface area contributed by atoms with Gasteiger partial charge in [0.2, 0.25) is 5.91 Å². The molecule has 0 bridgehead atoms. The Balaban J connectivity index is 1.30. The largest absolute Gasteiger partial charge is 0.494 e. The Bertz CT molecular complexity index is 1650. The smallest absolute Gasteiger partial charge is 0.273 e. The summed E-state index contributed by atoms with van der Waals surface area (Å²) in [6.07, 6.45) is 7.25. The number of amides is 2. The zero-order chi connectivity index (χ0) is 29.4. The first-order chi connectivity index (χ1) is 20.2. The molecule has 0 radical (unpaired) electrons. The lowest BCUT2D eigenvalue weighted by molar-refractivity contribution is -0.117. The molecule has 0 unspecified atom stereocenters. The van der Waals surface area contributed by atoms with Crippen LogP contribution in [-0.4, -0.2) is 55.8 Å². The van der Waals surface area contributed by atoms with Gasteiger partial charge in [-0.05, 0) is 49.9 Å². The summed E-state index contributed by atoms with van der Waals surface area (Å²) in [5.41, 5.74) is 2.34. The van der Waals surface area contributed by atoms with E-state index in [1.165, 1.54) is 13.2 Å². The number of pyridine rings is 1. The molecule has 2 aliphatic rings. The Morgan fingerprint density at radius 2 is 1.95 bits per heavy atom. The molecular weight excluding hydrogens is 498 g/mol. The number of hydrogen-bond acceptors (Lipinski definition) is 9. The quantitative estimate of drug-likeness (QED) is 0.296. The number of rotatable bonds is 9. The lowest BCUT2D eigenvalue weighted by Gasteiger charge is -2.17. The fourth-order valence-electron chi connectivity index (χ4n) is 4.16. The molecule has 39 heavy (non-hydrogen) atoms. The SMILES string of the molecule is [2H]C([2H])([2H])NC(=O)c1nnc(NC(=O)C2CC2)cc1Nc1cccc(-c2ccc(-c3ncn(C4CC4)n3)cn2)c1OC. The van der Waals surface area contributed by atoms with Crippen molar-refractivity contribution in [1.29, 1.82) is 0 Å². The number of carbonyl (C=O) groups excluding carboxylic acids is 2. The van der Waals surface area contributed by atoms with Gasteiger partial charge in [-0.15, -0.1) is 10.2 Å². The first-order valence-corrected chi connectivity index (χ1v) is 12.5. The maximum absolute atomic E-state index is 12.8. The van der Waals surface area contributed by atoms with Crippen molar-refractivity contribution in [3.8, 4) is 28.4 Å².